The smallest absolute Gasteiger partial charge is 0.164 e. The van der Waals surface area contributed by atoms with Gasteiger partial charge in [0.2, 0.25) is 0 Å². The van der Waals surface area contributed by atoms with E-state index in [1.165, 1.54) is 21.5 Å². The number of hydrogen-bond acceptors (Lipinski definition) is 4. The van der Waals surface area contributed by atoms with E-state index in [-0.39, 0.29) is 0 Å². The SMILES string of the molecule is c1ccc(-c2nc(-c3cc(-c4ccccc4)c(-n4c5ccc(-n6c7ccccc7c7ccccc76)cc5c5cc(-n6c7ccccc7c7ccccc76)ccc54)c(-c4ccccc4)c3)nc(-c3ccc4c(c3)oc3ccccc34)n2)cc1. The molecule has 7 heteroatoms. The third kappa shape index (κ3) is 7.13. The summed E-state index contributed by atoms with van der Waals surface area (Å²) in [6.45, 7) is 0. The fourth-order valence-electron chi connectivity index (χ4n) is 12.8. The lowest BCUT2D eigenvalue weighted by molar-refractivity contribution is 0.669. The van der Waals surface area contributed by atoms with Gasteiger partial charge in [-0.25, -0.2) is 15.0 Å². The van der Waals surface area contributed by atoms with E-state index >= 15 is 0 Å². The second kappa shape index (κ2) is 18.2. The van der Waals surface area contributed by atoms with E-state index in [9.17, 15) is 0 Å². The minimum absolute atomic E-state index is 0.554. The number of furan rings is 1. The Hall–Kier alpha value is -11.2. The lowest BCUT2D eigenvalue weighted by Crippen LogP contribution is -2.04. The highest BCUT2D eigenvalue weighted by Crippen LogP contribution is 2.46. The minimum Gasteiger partial charge on any atom is -0.456 e. The third-order valence-corrected chi connectivity index (χ3v) is 16.5. The standard InChI is InChI=1S/C75H46N6O/c1-4-20-47(21-5-1)60-42-51(75-77-73(49-24-8-3-9-25-49)76-74(78-75)50-36-39-59-58-30-14-19-35-70(58)82-71(59)44-50)43-61(48-22-6-2-7-23-48)72(60)81-68-40-37-52(79-64-31-15-10-26-54(64)55-27-11-16-32-65(55)79)45-62(68)63-46-53(38-41-69(63)81)80-66-33-17-12-28-56(66)57-29-13-18-34-67(57)80/h1-46H. The van der Waals surface area contributed by atoms with Crippen molar-refractivity contribution >= 4 is 87.4 Å². The van der Waals surface area contributed by atoms with Gasteiger partial charge in [-0.3, -0.25) is 0 Å². The second-order valence-corrected chi connectivity index (χ2v) is 21.1. The van der Waals surface area contributed by atoms with Crippen molar-refractivity contribution in [2.75, 3.05) is 0 Å². The summed E-state index contributed by atoms with van der Waals surface area (Å²) in [6, 6.07) is 99.7. The Morgan fingerprint density at radius 1 is 0.232 bits per heavy atom. The fraction of sp³-hybridized carbons (Fsp3) is 0. The van der Waals surface area contributed by atoms with Crippen molar-refractivity contribution in [1.82, 2.24) is 28.7 Å². The Labute approximate surface area is 470 Å². The fourth-order valence-corrected chi connectivity index (χ4v) is 12.8. The molecule has 0 fully saturated rings. The van der Waals surface area contributed by atoms with E-state index in [1.807, 2.05) is 36.4 Å². The zero-order valence-corrected chi connectivity index (χ0v) is 44.1. The van der Waals surface area contributed by atoms with Gasteiger partial charge in [0.15, 0.2) is 17.5 Å². The highest BCUT2D eigenvalue weighted by Gasteiger charge is 2.25. The van der Waals surface area contributed by atoms with E-state index in [1.54, 1.807) is 0 Å². The molecule has 0 aliphatic carbocycles. The first-order valence-electron chi connectivity index (χ1n) is 27.7. The van der Waals surface area contributed by atoms with Crippen LogP contribution in [0.5, 0.6) is 0 Å². The van der Waals surface area contributed by atoms with Crippen LogP contribution in [0.4, 0.5) is 0 Å². The van der Waals surface area contributed by atoms with Crippen LogP contribution in [0.2, 0.25) is 0 Å². The first-order valence-corrected chi connectivity index (χ1v) is 27.7. The van der Waals surface area contributed by atoms with Crippen molar-refractivity contribution < 1.29 is 4.42 Å². The molecule has 0 saturated heterocycles. The van der Waals surface area contributed by atoms with E-state index in [0.717, 1.165) is 122 Å². The monoisotopic (exact) mass is 1050 g/mol. The zero-order chi connectivity index (χ0) is 53.8. The molecule has 5 heterocycles. The van der Waals surface area contributed by atoms with Gasteiger partial charge in [0, 0.05) is 82.3 Å². The van der Waals surface area contributed by atoms with Gasteiger partial charge in [-0.05, 0) is 102 Å². The van der Waals surface area contributed by atoms with Crippen LogP contribution in [0.25, 0.3) is 161 Å². The van der Waals surface area contributed by atoms with Gasteiger partial charge in [0.25, 0.3) is 0 Å². The molecule has 0 spiro atoms. The molecule has 0 atom stereocenters. The number of benzene rings is 12. The number of aromatic nitrogens is 6. The van der Waals surface area contributed by atoms with E-state index in [0.29, 0.717) is 17.5 Å². The Morgan fingerprint density at radius 2 is 0.610 bits per heavy atom. The van der Waals surface area contributed by atoms with Crippen LogP contribution in [-0.2, 0) is 0 Å². The van der Waals surface area contributed by atoms with Crippen LogP contribution in [0.15, 0.2) is 283 Å². The average Bonchev–Trinajstić information content (AvgIpc) is 3.01. The van der Waals surface area contributed by atoms with Crippen LogP contribution in [0.1, 0.15) is 0 Å². The van der Waals surface area contributed by atoms with Gasteiger partial charge in [-0.2, -0.15) is 0 Å². The lowest BCUT2D eigenvalue weighted by Gasteiger charge is -2.21. The largest absolute Gasteiger partial charge is 0.456 e. The topological polar surface area (TPSA) is 66.6 Å². The molecule has 0 bridgehead atoms. The van der Waals surface area contributed by atoms with Gasteiger partial charge in [-0.1, -0.05) is 188 Å². The molecular formula is C75H46N6O. The normalized spacial score (nSPS) is 11.9. The van der Waals surface area contributed by atoms with Crippen LogP contribution >= 0.6 is 0 Å². The summed E-state index contributed by atoms with van der Waals surface area (Å²) in [5, 5.41) is 9.28. The molecule has 82 heavy (non-hydrogen) atoms. The summed E-state index contributed by atoms with van der Waals surface area (Å²) < 4.78 is 13.8. The molecule has 17 aromatic rings. The van der Waals surface area contributed by atoms with Gasteiger partial charge >= 0.3 is 0 Å². The third-order valence-electron chi connectivity index (χ3n) is 16.5. The van der Waals surface area contributed by atoms with Crippen molar-refractivity contribution in [3.05, 3.63) is 279 Å². The number of fused-ring (bicyclic) bond motifs is 12. The molecular weight excluding hydrogens is 1000 g/mol. The maximum absolute atomic E-state index is 6.43. The number of para-hydroxylation sites is 5. The van der Waals surface area contributed by atoms with E-state index in [2.05, 4.69) is 256 Å². The van der Waals surface area contributed by atoms with Crippen LogP contribution in [-0.4, -0.2) is 28.7 Å². The maximum Gasteiger partial charge on any atom is 0.164 e. The molecule has 12 aromatic carbocycles. The lowest BCUT2D eigenvalue weighted by atomic mass is 9.92. The predicted octanol–water partition coefficient (Wildman–Crippen LogP) is 19.4. The highest BCUT2D eigenvalue weighted by atomic mass is 16.3. The predicted molar refractivity (Wildman–Crippen MR) is 337 cm³/mol. The summed E-state index contributed by atoms with van der Waals surface area (Å²) in [6.07, 6.45) is 0. The minimum atomic E-state index is 0.554. The van der Waals surface area contributed by atoms with Crippen molar-refractivity contribution in [2.24, 2.45) is 0 Å². The second-order valence-electron chi connectivity index (χ2n) is 21.1. The molecule has 5 aromatic heterocycles. The van der Waals surface area contributed by atoms with Crippen LogP contribution in [0, 0.1) is 0 Å². The van der Waals surface area contributed by atoms with Crippen LogP contribution in [0.3, 0.4) is 0 Å². The van der Waals surface area contributed by atoms with Crippen LogP contribution < -0.4 is 0 Å². The molecule has 0 aliphatic heterocycles. The molecule has 17 rings (SSSR count). The Balaban J connectivity index is 0.958. The number of nitrogens with zero attached hydrogens (tertiary/aromatic N) is 6. The summed E-state index contributed by atoms with van der Waals surface area (Å²) in [4.78, 5) is 16.0. The summed E-state index contributed by atoms with van der Waals surface area (Å²) in [5.74, 6) is 1.69. The number of hydrogen-bond donors (Lipinski definition) is 0. The van der Waals surface area contributed by atoms with Gasteiger partial charge in [0.1, 0.15) is 11.2 Å². The first-order chi connectivity index (χ1) is 40.7. The van der Waals surface area contributed by atoms with E-state index in [4.69, 9.17) is 19.4 Å². The van der Waals surface area contributed by atoms with Crippen molar-refractivity contribution in [1.29, 1.82) is 0 Å². The Kier molecular flexibility index (Phi) is 10.2. The Bertz CT molecular complexity index is 5060. The maximum atomic E-state index is 6.43. The molecule has 0 amide bonds. The highest BCUT2D eigenvalue weighted by molar-refractivity contribution is 6.15. The summed E-state index contributed by atoms with van der Waals surface area (Å²) in [5.41, 5.74) is 18.4. The molecule has 0 N–H and O–H groups in total. The molecule has 0 unspecified atom stereocenters. The van der Waals surface area contributed by atoms with Gasteiger partial charge < -0.3 is 18.1 Å². The molecule has 382 valence electrons. The molecule has 7 nitrogen and oxygen atoms in total. The van der Waals surface area contributed by atoms with Crippen molar-refractivity contribution in [3.63, 3.8) is 0 Å². The van der Waals surface area contributed by atoms with Gasteiger partial charge in [-0.15, -0.1) is 0 Å². The van der Waals surface area contributed by atoms with Gasteiger partial charge in [0.05, 0.1) is 38.8 Å². The first kappa shape index (κ1) is 45.8. The molecule has 0 aliphatic rings. The summed E-state index contributed by atoms with van der Waals surface area (Å²) >= 11 is 0. The molecule has 0 radical (unpaired) electrons. The number of rotatable bonds is 8. The Morgan fingerprint density at radius 3 is 1.10 bits per heavy atom. The quantitative estimate of drug-likeness (QED) is 0.152. The van der Waals surface area contributed by atoms with Crippen molar-refractivity contribution in [3.8, 4) is 73.5 Å². The zero-order valence-electron chi connectivity index (χ0n) is 44.1. The molecule has 0 saturated carbocycles. The average molecular weight is 1050 g/mol. The van der Waals surface area contributed by atoms with Crippen molar-refractivity contribution in [2.45, 2.75) is 0 Å². The summed E-state index contributed by atoms with van der Waals surface area (Å²) in [7, 11) is 0. The van der Waals surface area contributed by atoms with E-state index < -0.39 is 0 Å².